The molecule has 3 aliphatic rings. The Morgan fingerprint density at radius 3 is 2.71 bits per heavy atom. The smallest absolute Gasteiger partial charge is 0.407 e. The fourth-order valence-corrected chi connectivity index (χ4v) is 6.18. The van der Waals surface area contributed by atoms with Gasteiger partial charge in [-0.1, -0.05) is 22.0 Å². The summed E-state index contributed by atoms with van der Waals surface area (Å²) < 4.78 is 46.8. The van der Waals surface area contributed by atoms with Crippen LogP contribution in [0.3, 0.4) is 0 Å². The first-order chi connectivity index (χ1) is 20.2. The van der Waals surface area contributed by atoms with E-state index in [2.05, 4.69) is 20.8 Å². The summed E-state index contributed by atoms with van der Waals surface area (Å²) in [6, 6.07) is 1.62. The Morgan fingerprint density at radius 1 is 1.26 bits per heavy atom. The molecule has 15 heteroatoms. The highest BCUT2D eigenvalue weighted by molar-refractivity contribution is 6.30. The number of carbonyl (C=O) groups is 1. The second kappa shape index (κ2) is 12.8. The van der Waals surface area contributed by atoms with Crippen LogP contribution in [0.4, 0.5) is 13.6 Å². The number of alkyl carbamates (subject to hydrolysis) is 1. The molecule has 1 spiro atoms. The minimum absolute atomic E-state index is 0.000144. The molecule has 2 aromatic rings. The molecule has 0 radical (unpaired) electrons. The highest BCUT2D eigenvalue weighted by Gasteiger charge is 2.49. The summed E-state index contributed by atoms with van der Waals surface area (Å²) in [6.45, 7) is 1.58. The van der Waals surface area contributed by atoms with Crippen molar-refractivity contribution in [3.05, 3.63) is 35.0 Å². The lowest BCUT2D eigenvalue weighted by molar-refractivity contribution is -0.210. The molecule has 1 saturated heterocycles. The number of nitrogens with one attached hydrogen (secondary N) is 1. The van der Waals surface area contributed by atoms with E-state index in [1.807, 2.05) is 0 Å². The summed E-state index contributed by atoms with van der Waals surface area (Å²) >= 11 is 5.68. The minimum atomic E-state index is -1.26. The van der Waals surface area contributed by atoms with E-state index in [9.17, 15) is 23.8 Å². The normalized spacial score (nSPS) is 31.1. The maximum absolute atomic E-state index is 14.6. The van der Waals surface area contributed by atoms with Crippen LogP contribution >= 0.6 is 11.6 Å². The number of aromatic nitrogens is 3. The van der Waals surface area contributed by atoms with E-state index in [0.29, 0.717) is 32.3 Å². The maximum Gasteiger partial charge on any atom is 0.407 e. The predicted octanol–water partition coefficient (Wildman–Crippen LogP) is 3.15. The van der Waals surface area contributed by atoms with Crippen LogP contribution in [0.5, 0.6) is 0 Å². The van der Waals surface area contributed by atoms with Gasteiger partial charge in [0.2, 0.25) is 0 Å². The second-order valence-electron chi connectivity index (χ2n) is 10.8. The Morgan fingerprint density at radius 2 is 2.02 bits per heavy atom. The first-order valence-electron chi connectivity index (χ1n) is 13.9. The minimum Gasteiger partial charge on any atom is -0.450 e. The zero-order valence-electron chi connectivity index (χ0n) is 23.2. The van der Waals surface area contributed by atoms with Crippen LogP contribution in [0, 0.1) is 11.6 Å². The maximum atomic E-state index is 14.6. The molecule has 3 N–H and O–H groups in total. The summed E-state index contributed by atoms with van der Waals surface area (Å²) in [5, 5.41) is 36.0. The molecule has 230 valence electrons. The van der Waals surface area contributed by atoms with E-state index in [1.54, 1.807) is 6.92 Å². The Bertz CT molecular complexity index is 1310. The van der Waals surface area contributed by atoms with E-state index >= 15 is 0 Å². The molecule has 5 rings (SSSR count). The Labute approximate surface area is 245 Å². The number of ether oxygens (including phenoxy) is 3. The highest BCUT2D eigenvalue weighted by atomic mass is 35.5. The number of aliphatic hydroxyl groups is 2. The van der Waals surface area contributed by atoms with Crippen LogP contribution in [0.15, 0.2) is 23.5 Å². The third kappa shape index (κ3) is 6.09. The van der Waals surface area contributed by atoms with Gasteiger partial charge in [0.15, 0.2) is 11.6 Å². The van der Waals surface area contributed by atoms with Crippen molar-refractivity contribution in [3.8, 4) is 11.3 Å². The molecule has 0 bridgehead atoms. The molecule has 5 atom stereocenters. The van der Waals surface area contributed by atoms with Gasteiger partial charge in [-0.3, -0.25) is 0 Å². The summed E-state index contributed by atoms with van der Waals surface area (Å²) in [7, 11) is 1.46. The average molecular weight is 614 g/mol. The molecule has 3 heterocycles. The number of hydrogen-bond donors (Lipinski definition) is 3. The van der Waals surface area contributed by atoms with Crippen molar-refractivity contribution in [3.63, 3.8) is 0 Å². The SMILES string of the molecule is CCOC(=O)NC1CCC2(CC1)CC(C[C@H]1O[C@H](CO)[C@H](O)[C@H](n3cc(-c4ccc(Cl)c(F)c4F)nn3)[C@H]1OC)=NO2. The van der Waals surface area contributed by atoms with Crippen molar-refractivity contribution in [1.29, 1.82) is 0 Å². The molecule has 42 heavy (non-hydrogen) atoms. The van der Waals surface area contributed by atoms with Crippen LogP contribution in [0.25, 0.3) is 11.3 Å². The van der Waals surface area contributed by atoms with E-state index in [0.717, 1.165) is 18.6 Å². The van der Waals surface area contributed by atoms with Crippen molar-refractivity contribution in [2.75, 3.05) is 20.3 Å². The zero-order valence-corrected chi connectivity index (χ0v) is 24.0. The van der Waals surface area contributed by atoms with Gasteiger partial charge in [-0.2, -0.15) is 0 Å². The Hall–Kier alpha value is -2.91. The van der Waals surface area contributed by atoms with Crippen molar-refractivity contribution in [2.45, 2.75) is 87.5 Å². The van der Waals surface area contributed by atoms with E-state index in [1.165, 1.54) is 30.1 Å². The summed E-state index contributed by atoms with van der Waals surface area (Å²) in [5.74, 6) is -2.37. The van der Waals surface area contributed by atoms with Gasteiger partial charge in [-0.15, -0.1) is 5.10 Å². The number of amides is 1. The second-order valence-corrected chi connectivity index (χ2v) is 11.2. The summed E-state index contributed by atoms with van der Waals surface area (Å²) in [5.41, 5.74) is 0.137. The number of halogens is 3. The fraction of sp³-hybridized carbons (Fsp3) is 0.630. The zero-order chi connectivity index (χ0) is 30.0. The molecule has 1 aromatic carbocycles. The molecule has 1 amide bonds. The quantitative estimate of drug-likeness (QED) is 0.382. The fourth-order valence-electron chi connectivity index (χ4n) is 6.03. The summed E-state index contributed by atoms with van der Waals surface area (Å²) in [6.07, 6.45) is 0.957. The van der Waals surface area contributed by atoms with Gasteiger partial charge >= 0.3 is 6.09 Å². The monoisotopic (exact) mass is 613 g/mol. The topological polar surface area (TPSA) is 150 Å². The number of rotatable bonds is 8. The lowest BCUT2D eigenvalue weighted by Gasteiger charge is -2.43. The Kier molecular flexibility index (Phi) is 9.28. The number of carbonyl (C=O) groups excluding carboxylic acids is 1. The first-order valence-corrected chi connectivity index (χ1v) is 14.3. The van der Waals surface area contributed by atoms with Gasteiger partial charge in [0.25, 0.3) is 0 Å². The van der Waals surface area contributed by atoms with Crippen molar-refractivity contribution in [2.24, 2.45) is 5.16 Å². The number of methoxy groups -OCH3 is 1. The largest absolute Gasteiger partial charge is 0.450 e. The van der Waals surface area contributed by atoms with E-state index < -0.39 is 60.4 Å². The number of nitrogens with zero attached hydrogens (tertiary/aromatic N) is 4. The van der Waals surface area contributed by atoms with Gasteiger partial charge < -0.3 is 34.6 Å². The van der Waals surface area contributed by atoms with Crippen LogP contribution in [-0.4, -0.2) is 93.4 Å². The van der Waals surface area contributed by atoms with Crippen LogP contribution in [0.1, 0.15) is 51.5 Å². The molecule has 1 aromatic heterocycles. The molecule has 0 unspecified atom stereocenters. The third-order valence-electron chi connectivity index (χ3n) is 8.19. The van der Waals surface area contributed by atoms with E-state index in [-0.39, 0.29) is 22.3 Å². The van der Waals surface area contributed by atoms with Gasteiger partial charge in [0, 0.05) is 31.6 Å². The lowest BCUT2D eigenvalue weighted by atomic mass is 9.78. The molecule has 1 aliphatic carbocycles. The van der Waals surface area contributed by atoms with E-state index in [4.69, 9.17) is 30.6 Å². The molecule has 12 nitrogen and oxygen atoms in total. The number of hydrogen-bond acceptors (Lipinski definition) is 10. The predicted molar refractivity (Wildman–Crippen MR) is 145 cm³/mol. The Balaban J connectivity index is 1.29. The van der Waals surface area contributed by atoms with Gasteiger partial charge in [-0.25, -0.2) is 18.3 Å². The van der Waals surface area contributed by atoms with Crippen molar-refractivity contribution < 1.29 is 42.8 Å². The summed E-state index contributed by atoms with van der Waals surface area (Å²) in [4.78, 5) is 17.7. The number of oxime groups is 1. The molecule has 1 saturated carbocycles. The lowest BCUT2D eigenvalue weighted by Crippen LogP contribution is -2.57. The highest BCUT2D eigenvalue weighted by Crippen LogP contribution is 2.41. The molecule has 2 aliphatic heterocycles. The van der Waals surface area contributed by atoms with Crippen LogP contribution in [0.2, 0.25) is 5.02 Å². The van der Waals surface area contributed by atoms with Crippen LogP contribution in [-0.2, 0) is 19.0 Å². The number of benzene rings is 1. The van der Waals surface area contributed by atoms with Crippen LogP contribution < -0.4 is 5.32 Å². The van der Waals surface area contributed by atoms with Gasteiger partial charge in [-0.05, 0) is 44.7 Å². The third-order valence-corrected chi connectivity index (χ3v) is 8.48. The van der Waals surface area contributed by atoms with Gasteiger partial charge in [0.05, 0.1) is 36.2 Å². The average Bonchev–Trinajstić information content (AvgIpc) is 3.61. The number of aliphatic hydroxyl groups excluding tert-OH is 2. The molecular weight excluding hydrogens is 580 g/mol. The first kappa shape index (κ1) is 30.5. The molecule has 2 fully saturated rings. The standard InChI is InChI=1S/C27H34ClF2N5O7/c1-3-40-26(38)31-14-6-8-27(9-7-14)11-15(33-42-27)10-19-25(39-2)23(24(37)20(13-36)41-19)35-12-18(32-34-35)16-4-5-17(28)22(30)21(16)29/h4-5,12,14,19-20,23-25,36-37H,3,6-11,13H2,1-2H3,(H,31,38)/t14?,19-,20-,23+,24+,25+,27?/m1/s1. The van der Waals surface area contributed by atoms with Crippen molar-refractivity contribution >= 4 is 23.4 Å². The molecular formula is C27H34ClF2N5O7. The van der Waals surface area contributed by atoms with Gasteiger partial charge in [0.1, 0.15) is 35.6 Å². The van der Waals surface area contributed by atoms with Crippen molar-refractivity contribution in [1.82, 2.24) is 20.3 Å².